The highest BCUT2D eigenvalue weighted by Crippen LogP contribution is 2.38. The second-order valence-electron chi connectivity index (χ2n) is 3.14. The summed E-state index contributed by atoms with van der Waals surface area (Å²) in [5.74, 6) is -2.70. The van der Waals surface area contributed by atoms with Crippen molar-refractivity contribution >= 4 is 17.6 Å². The third-order valence-electron chi connectivity index (χ3n) is 2.17. The lowest BCUT2D eigenvalue weighted by Crippen LogP contribution is -2.21. The Kier molecular flexibility index (Phi) is 4.14. The number of methoxy groups -OCH3 is 2. The van der Waals surface area contributed by atoms with Gasteiger partial charge in [0.1, 0.15) is 6.04 Å². The number of nitrogens with two attached hydrogens (primary N) is 1. The van der Waals surface area contributed by atoms with Crippen LogP contribution in [0.5, 0.6) is 11.5 Å². The molecule has 0 spiro atoms. The molecule has 1 aromatic rings. The summed E-state index contributed by atoms with van der Waals surface area (Å²) in [7, 11) is 2.43. The lowest BCUT2D eigenvalue weighted by Gasteiger charge is -2.15. The van der Waals surface area contributed by atoms with Gasteiger partial charge in [0.2, 0.25) is 5.82 Å². The molecular formula is C10H11ClFNO4. The van der Waals surface area contributed by atoms with Crippen LogP contribution in [-0.4, -0.2) is 25.3 Å². The SMILES string of the molecule is COc1c(Cl)cc(C(N)C(=O)O)c(OC)c1F. The lowest BCUT2D eigenvalue weighted by molar-refractivity contribution is -0.138. The van der Waals surface area contributed by atoms with Crippen molar-refractivity contribution in [3.63, 3.8) is 0 Å². The Bertz CT molecular complexity index is 452. The summed E-state index contributed by atoms with van der Waals surface area (Å²) in [5, 5.41) is 8.71. The third kappa shape index (κ3) is 2.42. The molecule has 0 fully saturated rings. The van der Waals surface area contributed by atoms with Gasteiger partial charge in [0.05, 0.1) is 19.2 Å². The molecule has 0 aliphatic rings. The van der Waals surface area contributed by atoms with Crippen LogP contribution in [-0.2, 0) is 4.79 Å². The van der Waals surface area contributed by atoms with E-state index in [0.717, 1.165) is 0 Å². The first-order valence-corrected chi connectivity index (χ1v) is 4.90. The number of carboxylic acids is 1. The highest BCUT2D eigenvalue weighted by Gasteiger charge is 2.26. The molecule has 1 atom stereocenters. The van der Waals surface area contributed by atoms with Gasteiger partial charge in [-0.15, -0.1) is 0 Å². The largest absolute Gasteiger partial charge is 0.493 e. The number of benzene rings is 1. The molecule has 0 heterocycles. The monoisotopic (exact) mass is 263 g/mol. The molecule has 0 amide bonds. The second kappa shape index (κ2) is 5.20. The Hall–Kier alpha value is -1.53. The molecule has 0 radical (unpaired) electrons. The first kappa shape index (κ1) is 13.5. The fraction of sp³-hybridized carbons (Fsp3) is 0.300. The first-order valence-electron chi connectivity index (χ1n) is 4.52. The standard InChI is InChI=1S/C10H11ClFNO4/c1-16-8-4(7(13)10(14)15)3-5(11)9(17-2)6(8)12/h3,7H,13H2,1-2H3,(H,14,15). The molecule has 3 N–H and O–H groups in total. The van der Waals surface area contributed by atoms with Crippen LogP contribution < -0.4 is 15.2 Å². The topological polar surface area (TPSA) is 81.8 Å². The summed E-state index contributed by atoms with van der Waals surface area (Å²) in [6.45, 7) is 0. The summed E-state index contributed by atoms with van der Waals surface area (Å²) >= 11 is 5.74. The quantitative estimate of drug-likeness (QED) is 0.862. The van der Waals surface area contributed by atoms with Gasteiger partial charge in [0.15, 0.2) is 11.5 Å². The molecule has 0 bridgehead atoms. The van der Waals surface area contributed by atoms with Gasteiger partial charge in [-0.2, -0.15) is 4.39 Å². The van der Waals surface area contributed by atoms with Crippen molar-refractivity contribution in [2.24, 2.45) is 5.73 Å². The number of carboxylic acid groups (broad SMARTS) is 1. The zero-order valence-electron chi connectivity index (χ0n) is 9.16. The predicted octanol–water partition coefficient (Wildman–Crippen LogP) is 1.58. The third-order valence-corrected chi connectivity index (χ3v) is 2.45. The normalized spacial score (nSPS) is 12.1. The first-order chi connectivity index (χ1) is 7.93. The van der Waals surface area contributed by atoms with E-state index in [1.165, 1.54) is 20.3 Å². The van der Waals surface area contributed by atoms with Gasteiger partial charge in [-0.1, -0.05) is 11.6 Å². The van der Waals surface area contributed by atoms with Crippen molar-refractivity contribution in [1.82, 2.24) is 0 Å². The van der Waals surface area contributed by atoms with Gasteiger partial charge >= 0.3 is 5.97 Å². The molecule has 17 heavy (non-hydrogen) atoms. The summed E-state index contributed by atoms with van der Waals surface area (Å²) in [4.78, 5) is 10.8. The van der Waals surface area contributed by atoms with E-state index in [1.54, 1.807) is 0 Å². The van der Waals surface area contributed by atoms with Gasteiger partial charge in [0.25, 0.3) is 0 Å². The smallest absolute Gasteiger partial charge is 0.325 e. The zero-order valence-corrected chi connectivity index (χ0v) is 9.92. The number of halogens is 2. The number of rotatable bonds is 4. The Balaban J connectivity index is 3.46. The predicted molar refractivity (Wildman–Crippen MR) is 59.1 cm³/mol. The minimum Gasteiger partial charge on any atom is -0.493 e. The molecule has 0 aliphatic heterocycles. The van der Waals surface area contributed by atoms with Crippen LogP contribution in [0, 0.1) is 5.82 Å². The van der Waals surface area contributed by atoms with Crippen LogP contribution in [0.15, 0.2) is 6.07 Å². The average molecular weight is 264 g/mol. The van der Waals surface area contributed by atoms with Crippen molar-refractivity contribution in [3.05, 3.63) is 22.5 Å². The van der Waals surface area contributed by atoms with E-state index in [-0.39, 0.29) is 22.1 Å². The Labute approximate surface area is 102 Å². The Morgan fingerprint density at radius 2 is 2.00 bits per heavy atom. The van der Waals surface area contributed by atoms with E-state index >= 15 is 0 Å². The van der Waals surface area contributed by atoms with Crippen LogP contribution >= 0.6 is 11.6 Å². The van der Waals surface area contributed by atoms with Crippen LogP contribution in [0.3, 0.4) is 0 Å². The summed E-state index contributed by atoms with van der Waals surface area (Å²) in [6, 6.07) is -0.218. The number of ether oxygens (including phenoxy) is 2. The molecule has 0 aliphatic carbocycles. The Morgan fingerprint density at radius 3 is 2.41 bits per heavy atom. The van der Waals surface area contributed by atoms with Gasteiger partial charge in [-0.3, -0.25) is 4.79 Å². The maximum Gasteiger partial charge on any atom is 0.325 e. The van der Waals surface area contributed by atoms with Crippen molar-refractivity contribution in [1.29, 1.82) is 0 Å². The van der Waals surface area contributed by atoms with Crippen LogP contribution in [0.4, 0.5) is 4.39 Å². The van der Waals surface area contributed by atoms with E-state index in [9.17, 15) is 9.18 Å². The van der Waals surface area contributed by atoms with E-state index in [4.69, 9.17) is 31.9 Å². The fourth-order valence-electron chi connectivity index (χ4n) is 1.36. The molecule has 7 heteroatoms. The highest BCUT2D eigenvalue weighted by atomic mass is 35.5. The fourth-order valence-corrected chi connectivity index (χ4v) is 1.64. The second-order valence-corrected chi connectivity index (χ2v) is 3.55. The van der Waals surface area contributed by atoms with E-state index in [0.29, 0.717) is 0 Å². The van der Waals surface area contributed by atoms with Crippen LogP contribution in [0.25, 0.3) is 0 Å². The van der Waals surface area contributed by atoms with Gasteiger partial charge in [-0.25, -0.2) is 0 Å². The molecule has 0 saturated heterocycles. The molecule has 0 saturated carbocycles. The molecule has 5 nitrogen and oxygen atoms in total. The summed E-state index contributed by atoms with van der Waals surface area (Å²) in [6.07, 6.45) is 0. The summed E-state index contributed by atoms with van der Waals surface area (Å²) in [5.41, 5.74) is 5.35. The van der Waals surface area contributed by atoms with Crippen molar-refractivity contribution < 1.29 is 23.8 Å². The average Bonchev–Trinajstić information content (AvgIpc) is 2.27. The highest BCUT2D eigenvalue weighted by molar-refractivity contribution is 6.32. The van der Waals surface area contributed by atoms with Gasteiger partial charge < -0.3 is 20.3 Å². The van der Waals surface area contributed by atoms with Crippen molar-refractivity contribution in [3.8, 4) is 11.5 Å². The molecule has 1 unspecified atom stereocenters. The molecule has 94 valence electrons. The van der Waals surface area contributed by atoms with E-state index in [1.807, 2.05) is 0 Å². The van der Waals surface area contributed by atoms with Crippen molar-refractivity contribution in [2.45, 2.75) is 6.04 Å². The minimum atomic E-state index is -1.43. The minimum absolute atomic E-state index is 0.0525. The van der Waals surface area contributed by atoms with E-state index < -0.39 is 17.8 Å². The number of aliphatic carboxylic acids is 1. The van der Waals surface area contributed by atoms with Crippen LogP contribution in [0.2, 0.25) is 5.02 Å². The maximum absolute atomic E-state index is 13.8. The molecular weight excluding hydrogens is 253 g/mol. The van der Waals surface area contributed by atoms with Gasteiger partial charge in [0, 0.05) is 5.56 Å². The number of carbonyl (C=O) groups is 1. The van der Waals surface area contributed by atoms with E-state index in [2.05, 4.69) is 0 Å². The maximum atomic E-state index is 13.8. The molecule has 0 aromatic heterocycles. The zero-order chi connectivity index (χ0) is 13.2. The number of hydrogen-bond donors (Lipinski definition) is 2. The number of hydrogen-bond acceptors (Lipinski definition) is 4. The molecule has 1 rings (SSSR count). The molecule has 1 aromatic carbocycles. The lowest BCUT2D eigenvalue weighted by atomic mass is 10.1. The van der Waals surface area contributed by atoms with Crippen molar-refractivity contribution in [2.75, 3.05) is 14.2 Å². The van der Waals surface area contributed by atoms with Gasteiger partial charge in [-0.05, 0) is 6.07 Å². The summed E-state index contributed by atoms with van der Waals surface area (Å²) < 4.78 is 23.4. The Morgan fingerprint density at radius 1 is 1.47 bits per heavy atom. The van der Waals surface area contributed by atoms with Crippen LogP contribution in [0.1, 0.15) is 11.6 Å².